The molecular weight excluding hydrogens is 364 g/mol. The van der Waals surface area contributed by atoms with E-state index in [1.165, 1.54) is 0 Å². The Labute approximate surface area is 167 Å². The molecular formula is C23H20N4O2. The molecule has 2 aromatic carbocycles. The van der Waals surface area contributed by atoms with Gasteiger partial charge in [0.1, 0.15) is 5.75 Å². The fourth-order valence-electron chi connectivity index (χ4n) is 4.08. The van der Waals surface area contributed by atoms with Gasteiger partial charge in [-0.25, -0.2) is 9.67 Å². The fraction of sp³-hybridized carbons (Fsp3) is 0.174. The Kier molecular flexibility index (Phi) is 4.05. The predicted molar refractivity (Wildman–Crippen MR) is 112 cm³/mol. The van der Waals surface area contributed by atoms with Crippen LogP contribution in [-0.4, -0.2) is 27.7 Å². The number of benzene rings is 2. The normalized spacial score (nSPS) is 16.0. The smallest absolute Gasteiger partial charge is 0.167 e. The van der Waals surface area contributed by atoms with Crippen LogP contribution in [0.1, 0.15) is 34.0 Å². The standard InChI is InChI=1S/C23H20N4O2/c1-29-17-9-7-16(8-10-17)27-23-18(13-25-27)22(24)21-19(26-23)11-15(12-20(21)28)14-5-3-2-4-6-14/h2-10,13,15H,11-12H2,1H3,(H2,24,26)/t15-/m0/s1. The summed E-state index contributed by atoms with van der Waals surface area (Å²) in [7, 11) is 1.63. The van der Waals surface area contributed by atoms with Crippen LogP contribution in [0.4, 0.5) is 5.69 Å². The molecule has 0 radical (unpaired) electrons. The Hall–Kier alpha value is -3.67. The van der Waals surface area contributed by atoms with Crippen molar-refractivity contribution < 1.29 is 9.53 Å². The maximum atomic E-state index is 12.9. The van der Waals surface area contributed by atoms with Gasteiger partial charge in [-0.05, 0) is 42.2 Å². The van der Waals surface area contributed by atoms with Crippen molar-refractivity contribution in [3.8, 4) is 11.4 Å². The Morgan fingerprint density at radius 1 is 1.07 bits per heavy atom. The topological polar surface area (TPSA) is 83.0 Å². The molecule has 1 aliphatic carbocycles. The SMILES string of the molecule is COc1ccc(-n2ncc3c(N)c4c(nc32)C[C@H](c2ccccc2)CC4=O)cc1. The molecule has 1 aliphatic rings. The highest BCUT2D eigenvalue weighted by molar-refractivity contribution is 6.09. The van der Waals surface area contributed by atoms with E-state index < -0.39 is 0 Å². The lowest BCUT2D eigenvalue weighted by Crippen LogP contribution is -2.22. The molecule has 4 aromatic rings. The van der Waals surface area contributed by atoms with Crippen LogP contribution in [0.15, 0.2) is 60.8 Å². The molecule has 1 atom stereocenters. The first-order valence-corrected chi connectivity index (χ1v) is 9.54. The molecule has 0 spiro atoms. The average molecular weight is 384 g/mol. The number of carbonyl (C=O) groups is 1. The molecule has 6 heteroatoms. The molecule has 5 rings (SSSR count). The van der Waals surface area contributed by atoms with Crippen LogP contribution in [0, 0.1) is 0 Å². The summed E-state index contributed by atoms with van der Waals surface area (Å²) in [6.07, 6.45) is 2.80. The maximum absolute atomic E-state index is 12.9. The number of pyridine rings is 1. The summed E-state index contributed by atoms with van der Waals surface area (Å²) in [6.45, 7) is 0. The number of anilines is 1. The van der Waals surface area contributed by atoms with Crippen molar-refractivity contribution in [3.05, 3.63) is 77.6 Å². The van der Waals surface area contributed by atoms with Gasteiger partial charge in [-0.3, -0.25) is 4.79 Å². The van der Waals surface area contributed by atoms with Crippen molar-refractivity contribution in [3.63, 3.8) is 0 Å². The van der Waals surface area contributed by atoms with Crippen molar-refractivity contribution in [1.29, 1.82) is 0 Å². The lowest BCUT2D eigenvalue weighted by atomic mass is 9.81. The van der Waals surface area contributed by atoms with E-state index in [1.54, 1.807) is 18.0 Å². The zero-order valence-corrected chi connectivity index (χ0v) is 16.0. The molecule has 0 saturated heterocycles. The minimum Gasteiger partial charge on any atom is -0.497 e. The second kappa shape index (κ2) is 6.74. The third-order valence-electron chi connectivity index (χ3n) is 5.57. The summed E-state index contributed by atoms with van der Waals surface area (Å²) in [6, 6.07) is 17.7. The molecule has 6 nitrogen and oxygen atoms in total. The van der Waals surface area contributed by atoms with Crippen molar-refractivity contribution >= 4 is 22.5 Å². The van der Waals surface area contributed by atoms with Crippen LogP contribution in [-0.2, 0) is 6.42 Å². The summed E-state index contributed by atoms with van der Waals surface area (Å²) < 4.78 is 6.98. The summed E-state index contributed by atoms with van der Waals surface area (Å²) in [5.41, 5.74) is 10.9. The molecule has 0 unspecified atom stereocenters. The molecule has 0 fully saturated rings. The second-order valence-electron chi connectivity index (χ2n) is 7.28. The first-order valence-electron chi connectivity index (χ1n) is 9.54. The summed E-state index contributed by atoms with van der Waals surface area (Å²) in [5, 5.41) is 5.18. The number of ether oxygens (including phenoxy) is 1. The van der Waals surface area contributed by atoms with Crippen molar-refractivity contribution in [2.75, 3.05) is 12.8 Å². The quantitative estimate of drug-likeness (QED) is 0.579. The molecule has 144 valence electrons. The predicted octanol–water partition coefficient (Wildman–Crippen LogP) is 3.92. The first-order chi connectivity index (χ1) is 14.2. The summed E-state index contributed by atoms with van der Waals surface area (Å²) >= 11 is 0. The molecule has 0 bridgehead atoms. The number of aromatic nitrogens is 3. The summed E-state index contributed by atoms with van der Waals surface area (Å²) in [5.74, 6) is 0.925. The largest absolute Gasteiger partial charge is 0.497 e. The van der Waals surface area contributed by atoms with Gasteiger partial charge in [-0.1, -0.05) is 30.3 Å². The highest BCUT2D eigenvalue weighted by Crippen LogP contribution is 2.37. The number of nitrogens with two attached hydrogens (primary N) is 1. The number of carbonyl (C=O) groups excluding carboxylic acids is 1. The van der Waals surface area contributed by atoms with Gasteiger partial charge in [0, 0.05) is 6.42 Å². The van der Waals surface area contributed by atoms with Crippen LogP contribution in [0.3, 0.4) is 0 Å². The number of methoxy groups -OCH3 is 1. The Bertz CT molecular complexity index is 1210. The van der Waals surface area contributed by atoms with Gasteiger partial charge in [0.05, 0.1) is 41.3 Å². The minimum atomic E-state index is 0.0456. The summed E-state index contributed by atoms with van der Waals surface area (Å²) in [4.78, 5) is 17.8. The van der Waals surface area contributed by atoms with Crippen molar-refractivity contribution in [2.45, 2.75) is 18.8 Å². The molecule has 29 heavy (non-hydrogen) atoms. The Morgan fingerprint density at radius 3 is 2.55 bits per heavy atom. The number of hydrogen-bond acceptors (Lipinski definition) is 5. The van der Waals surface area contributed by atoms with E-state index in [0.717, 1.165) is 22.7 Å². The number of nitrogen functional groups attached to an aromatic ring is 1. The average Bonchev–Trinajstić information content (AvgIpc) is 3.18. The van der Waals surface area contributed by atoms with Gasteiger partial charge in [-0.2, -0.15) is 5.10 Å². The van der Waals surface area contributed by atoms with E-state index in [1.807, 2.05) is 42.5 Å². The van der Waals surface area contributed by atoms with Gasteiger partial charge >= 0.3 is 0 Å². The minimum absolute atomic E-state index is 0.0456. The van der Waals surface area contributed by atoms with E-state index in [0.29, 0.717) is 35.1 Å². The lowest BCUT2D eigenvalue weighted by molar-refractivity contribution is 0.0964. The van der Waals surface area contributed by atoms with Crippen molar-refractivity contribution in [2.24, 2.45) is 0 Å². The second-order valence-corrected chi connectivity index (χ2v) is 7.28. The van der Waals surface area contributed by atoms with Crippen LogP contribution in [0.25, 0.3) is 16.7 Å². The number of rotatable bonds is 3. The van der Waals surface area contributed by atoms with Crippen LogP contribution in [0.2, 0.25) is 0 Å². The molecule has 2 aromatic heterocycles. The van der Waals surface area contributed by atoms with Gasteiger partial charge < -0.3 is 10.5 Å². The first kappa shape index (κ1) is 17.4. The van der Waals surface area contributed by atoms with Crippen LogP contribution in [0.5, 0.6) is 5.75 Å². The molecule has 0 saturated carbocycles. The zero-order valence-electron chi connectivity index (χ0n) is 16.0. The highest BCUT2D eigenvalue weighted by atomic mass is 16.5. The number of hydrogen-bond donors (Lipinski definition) is 1. The lowest BCUT2D eigenvalue weighted by Gasteiger charge is -2.24. The van der Waals surface area contributed by atoms with Gasteiger partial charge in [0.2, 0.25) is 0 Å². The van der Waals surface area contributed by atoms with Gasteiger partial charge in [0.15, 0.2) is 11.4 Å². The molecule has 0 amide bonds. The van der Waals surface area contributed by atoms with Crippen molar-refractivity contribution in [1.82, 2.24) is 14.8 Å². The van der Waals surface area contributed by atoms with E-state index >= 15 is 0 Å². The van der Waals surface area contributed by atoms with E-state index in [9.17, 15) is 4.79 Å². The number of ketones is 1. The third kappa shape index (κ3) is 2.84. The number of nitrogens with zero attached hydrogens (tertiary/aromatic N) is 3. The highest BCUT2D eigenvalue weighted by Gasteiger charge is 2.31. The molecule has 0 aliphatic heterocycles. The zero-order chi connectivity index (χ0) is 20.0. The number of Topliss-reactive ketones (excluding diaryl/α,β-unsaturated/α-hetero) is 1. The monoisotopic (exact) mass is 384 g/mol. The fourth-order valence-corrected chi connectivity index (χ4v) is 4.08. The Balaban J connectivity index is 1.63. The maximum Gasteiger partial charge on any atom is 0.167 e. The van der Waals surface area contributed by atoms with E-state index in [2.05, 4.69) is 17.2 Å². The van der Waals surface area contributed by atoms with Crippen LogP contribution >= 0.6 is 0 Å². The molecule has 2 N–H and O–H groups in total. The van der Waals surface area contributed by atoms with Gasteiger partial charge in [0.25, 0.3) is 0 Å². The third-order valence-corrected chi connectivity index (χ3v) is 5.57. The number of fused-ring (bicyclic) bond motifs is 2. The Morgan fingerprint density at radius 2 is 1.83 bits per heavy atom. The molecule has 2 heterocycles. The van der Waals surface area contributed by atoms with E-state index in [4.69, 9.17) is 15.5 Å². The van der Waals surface area contributed by atoms with Gasteiger partial charge in [-0.15, -0.1) is 0 Å². The van der Waals surface area contributed by atoms with Crippen LogP contribution < -0.4 is 10.5 Å². The van der Waals surface area contributed by atoms with E-state index in [-0.39, 0.29) is 11.7 Å².